The molecule has 0 radical (unpaired) electrons. The van der Waals surface area contributed by atoms with Gasteiger partial charge in [-0.15, -0.1) is 24.0 Å². The van der Waals surface area contributed by atoms with E-state index in [1.807, 2.05) is 12.1 Å². The van der Waals surface area contributed by atoms with Gasteiger partial charge in [0, 0.05) is 64.3 Å². The number of likely N-dealkylation sites (tertiary alicyclic amines) is 1. The van der Waals surface area contributed by atoms with Crippen LogP contribution in [-0.4, -0.2) is 74.3 Å². The van der Waals surface area contributed by atoms with Gasteiger partial charge in [0.2, 0.25) is 0 Å². The summed E-state index contributed by atoms with van der Waals surface area (Å²) in [6, 6.07) is 4.61. The number of guanidine groups is 1. The molecule has 0 bridgehead atoms. The quantitative estimate of drug-likeness (QED) is 0.290. The predicted octanol–water partition coefficient (Wildman–Crippen LogP) is 2.37. The Morgan fingerprint density at radius 1 is 1.26 bits per heavy atom. The molecule has 0 saturated carbocycles. The fourth-order valence-electron chi connectivity index (χ4n) is 3.99. The van der Waals surface area contributed by atoms with Crippen LogP contribution in [0, 0.1) is 5.92 Å². The summed E-state index contributed by atoms with van der Waals surface area (Å²) in [4.78, 5) is 9.95. The monoisotopic (exact) mass is 486 g/mol. The van der Waals surface area contributed by atoms with Gasteiger partial charge in [0.05, 0.1) is 12.9 Å². The third kappa shape index (κ3) is 5.71. The van der Waals surface area contributed by atoms with Crippen molar-refractivity contribution in [1.82, 2.24) is 15.1 Å². The summed E-state index contributed by atoms with van der Waals surface area (Å²) < 4.78 is 10.9. The number of furan rings is 1. The SMILES string of the molecule is C1=CCN(C2CCN(C(=NCC3CCOC3)NCCc3ccco3)C2)C1.I. The molecular weight excluding hydrogens is 455 g/mol. The van der Waals surface area contributed by atoms with Crippen LogP contribution in [-0.2, 0) is 11.2 Å². The van der Waals surface area contributed by atoms with Gasteiger partial charge in [-0.2, -0.15) is 0 Å². The number of ether oxygens (including phenoxy) is 1. The summed E-state index contributed by atoms with van der Waals surface area (Å²) in [6.07, 6.45) is 9.52. The zero-order valence-corrected chi connectivity index (χ0v) is 18.2. The highest BCUT2D eigenvalue weighted by molar-refractivity contribution is 14.0. The molecule has 1 aromatic heterocycles. The van der Waals surface area contributed by atoms with E-state index in [0.717, 1.165) is 77.0 Å². The van der Waals surface area contributed by atoms with Gasteiger partial charge in [0.1, 0.15) is 5.76 Å². The zero-order valence-electron chi connectivity index (χ0n) is 15.9. The van der Waals surface area contributed by atoms with E-state index in [-0.39, 0.29) is 24.0 Å². The second kappa shape index (κ2) is 10.5. The van der Waals surface area contributed by atoms with Gasteiger partial charge in [-0.1, -0.05) is 12.2 Å². The molecule has 6 nitrogen and oxygen atoms in total. The fourth-order valence-corrected chi connectivity index (χ4v) is 3.99. The van der Waals surface area contributed by atoms with Crippen LogP contribution in [0.5, 0.6) is 0 Å². The standard InChI is InChI=1S/C20H30N4O2.HI/c1-2-10-23(9-1)18-6-11-24(15-18)20(22-14-17-7-13-25-16-17)21-8-5-19-4-3-12-26-19;/h1-4,12,17-18H,5-11,13-16H2,(H,21,22);1H. The first-order chi connectivity index (χ1) is 12.9. The van der Waals surface area contributed by atoms with Gasteiger partial charge in [-0.3, -0.25) is 9.89 Å². The molecule has 27 heavy (non-hydrogen) atoms. The van der Waals surface area contributed by atoms with Crippen molar-refractivity contribution in [3.8, 4) is 0 Å². The van der Waals surface area contributed by atoms with Crippen LogP contribution < -0.4 is 5.32 Å². The van der Waals surface area contributed by atoms with E-state index in [1.165, 1.54) is 6.42 Å². The Morgan fingerprint density at radius 3 is 2.89 bits per heavy atom. The lowest BCUT2D eigenvalue weighted by atomic mass is 10.1. The molecular formula is C20H31IN4O2. The van der Waals surface area contributed by atoms with E-state index in [4.69, 9.17) is 14.1 Å². The lowest BCUT2D eigenvalue weighted by molar-refractivity contribution is 0.187. The van der Waals surface area contributed by atoms with Crippen LogP contribution in [0.2, 0.25) is 0 Å². The number of halogens is 1. The van der Waals surface area contributed by atoms with E-state index in [2.05, 4.69) is 27.3 Å². The first kappa shape index (κ1) is 20.7. The number of aliphatic imine (C=N–C) groups is 1. The largest absolute Gasteiger partial charge is 0.469 e. The molecule has 4 rings (SSSR count). The Morgan fingerprint density at radius 2 is 2.15 bits per heavy atom. The maximum Gasteiger partial charge on any atom is 0.194 e. The molecule has 0 amide bonds. The average Bonchev–Trinajstić information content (AvgIpc) is 3.45. The number of rotatable bonds is 6. The van der Waals surface area contributed by atoms with E-state index < -0.39 is 0 Å². The highest BCUT2D eigenvalue weighted by Gasteiger charge is 2.29. The van der Waals surface area contributed by atoms with Crippen molar-refractivity contribution in [1.29, 1.82) is 0 Å². The molecule has 4 heterocycles. The van der Waals surface area contributed by atoms with Crippen molar-refractivity contribution < 1.29 is 9.15 Å². The van der Waals surface area contributed by atoms with Gasteiger partial charge in [-0.05, 0) is 25.0 Å². The van der Waals surface area contributed by atoms with Gasteiger partial charge in [-0.25, -0.2) is 0 Å². The Hall–Kier alpha value is -1.06. The van der Waals surface area contributed by atoms with Crippen LogP contribution in [0.25, 0.3) is 0 Å². The summed E-state index contributed by atoms with van der Waals surface area (Å²) in [6.45, 7) is 7.77. The van der Waals surface area contributed by atoms with Crippen LogP contribution in [0.1, 0.15) is 18.6 Å². The summed E-state index contributed by atoms with van der Waals surface area (Å²) >= 11 is 0. The molecule has 1 aromatic rings. The van der Waals surface area contributed by atoms with Crippen molar-refractivity contribution >= 4 is 29.9 Å². The molecule has 2 saturated heterocycles. The molecule has 2 fully saturated rings. The topological polar surface area (TPSA) is 53.2 Å². The van der Waals surface area contributed by atoms with Crippen LogP contribution in [0.3, 0.4) is 0 Å². The van der Waals surface area contributed by atoms with Gasteiger partial charge < -0.3 is 19.4 Å². The fraction of sp³-hybridized carbons (Fsp3) is 0.650. The minimum atomic E-state index is 0. The molecule has 3 aliphatic heterocycles. The Kier molecular flexibility index (Phi) is 8.02. The van der Waals surface area contributed by atoms with Crippen LogP contribution in [0.15, 0.2) is 40.0 Å². The maximum atomic E-state index is 5.50. The third-order valence-corrected chi connectivity index (χ3v) is 5.58. The molecule has 3 aliphatic rings. The first-order valence-electron chi connectivity index (χ1n) is 9.91. The van der Waals surface area contributed by atoms with E-state index in [1.54, 1.807) is 6.26 Å². The second-order valence-corrected chi connectivity index (χ2v) is 7.46. The van der Waals surface area contributed by atoms with Crippen LogP contribution in [0.4, 0.5) is 0 Å². The van der Waals surface area contributed by atoms with Crippen molar-refractivity contribution in [2.45, 2.75) is 25.3 Å². The maximum absolute atomic E-state index is 5.50. The number of hydrogen-bond acceptors (Lipinski definition) is 4. The van der Waals surface area contributed by atoms with E-state index in [9.17, 15) is 0 Å². The van der Waals surface area contributed by atoms with Crippen molar-refractivity contribution in [3.05, 3.63) is 36.3 Å². The summed E-state index contributed by atoms with van der Waals surface area (Å²) in [5.74, 6) is 2.64. The Balaban J connectivity index is 0.00000210. The van der Waals surface area contributed by atoms with Crippen molar-refractivity contribution in [2.75, 3.05) is 52.5 Å². The molecule has 1 N–H and O–H groups in total. The highest BCUT2D eigenvalue weighted by Crippen LogP contribution is 2.19. The summed E-state index contributed by atoms with van der Waals surface area (Å²) in [7, 11) is 0. The highest BCUT2D eigenvalue weighted by atomic mass is 127. The van der Waals surface area contributed by atoms with Crippen molar-refractivity contribution in [2.24, 2.45) is 10.9 Å². The Labute approximate surface area is 179 Å². The molecule has 0 aromatic carbocycles. The Bertz CT molecular complexity index is 606. The molecule has 0 spiro atoms. The average molecular weight is 486 g/mol. The third-order valence-electron chi connectivity index (χ3n) is 5.58. The van der Waals surface area contributed by atoms with Crippen LogP contribution >= 0.6 is 24.0 Å². The van der Waals surface area contributed by atoms with Crippen molar-refractivity contribution in [3.63, 3.8) is 0 Å². The molecule has 2 atom stereocenters. The smallest absolute Gasteiger partial charge is 0.194 e. The number of nitrogens with one attached hydrogen (secondary N) is 1. The number of hydrogen-bond donors (Lipinski definition) is 1. The molecule has 2 unspecified atom stereocenters. The summed E-state index contributed by atoms with van der Waals surface area (Å²) in [5.41, 5.74) is 0. The molecule has 0 aliphatic carbocycles. The normalized spacial score (nSPS) is 25.9. The first-order valence-corrected chi connectivity index (χ1v) is 9.91. The minimum absolute atomic E-state index is 0. The lowest BCUT2D eigenvalue weighted by Crippen LogP contribution is -2.43. The number of nitrogens with zero attached hydrogens (tertiary/aromatic N) is 3. The van der Waals surface area contributed by atoms with Gasteiger partial charge in [0.15, 0.2) is 5.96 Å². The molecule has 150 valence electrons. The van der Waals surface area contributed by atoms with E-state index >= 15 is 0 Å². The molecule has 7 heteroatoms. The predicted molar refractivity (Wildman–Crippen MR) is 118 cm³/mol. The van der Waals surface area contributed by atoms with Gasteiger partial charge >= 0.3 is 0 Å². The van der Waals surface area contributed by atoms with Gasteiger partial charge in [0.25, 0.3) is 0 Å². The zero-order chi connectivity index (χ0) is 17.6. The summed E-state index contributed by atoms with van der Waals surface area (Å²) in [5, 5.41) is 3.58. The second-order valence-electron chi connectivity index (χ2n) is 7.46. The van der Waals surface area contributed by atoms with E-state index in [0.29, 0.717) is 12.0 Å². The minimum Gasteiger partial charge on any atom is -0.469 e. The lowest BCUT2D eigenvalue weighted by Gasteiger charge is -2.26.